The van der Waals surface area contributed by atoms with Crippen molar-refractivity contribution in [2.24, 2.45) is 7.05 Å². The fourth-order valence-electron chi connectivity index (χ4n) is 2.15. The lowest BCUT2D eigenvalue weighted by Crippen LogP contribution is -2.30. The molecule has 0 atom stereocenters. The summed E-state index contributed by atoms with van der Waals surface area (Å²) >= 11 is 1.75. The molecule has 3 rings (SSSR count). The third-order valence-electron chi connectivity index (χ3n) is 3.03. The summed E-state index contributed by atoms with van der Waals surface area (Å²) in [6.07, 6.45) is 4.08. The van der Waals surface area contributed by atoms with Gasteiger partial charge in [0.2, 0.25) is 11.0 Å². The molecule has 0 aliphatic carbocycles. The minimum atomic E-state index is 0.809. The molecule has 1 aromatic heterocycles. The van der Waals surface area contributed by atoms with Gasteiger partial charge < -0.3 is 4.74 Å². The molecule has 0 saturated carbocycles. The molecule has 104 valence electrons. The van der Waals surface area contributed by atoms with Crippen molar-refractivity contribution in [1.29, 1.82) is 0 Å². The molecule has 20 heavy (non-hydrogen) atoms. The lowest BCUT2D eigenvalue weighted by Gasteiger charge is -2.04. The van der Waals surface area contributed by atoms with E-state index in [1.54, 1.807) is 18.9 Å². The van der Waals surface area contributed by atoms with Gasteiger partial charge in [0.25, 0.3) is 0 Å². The maximum atomic E-state index is 5.36. The highest BCUT2D eigenvalue weighted by Gasteiger charge is 2.14. The van der Waals surface area contributed by atoms with Crippen molar-refractivity contribution in [3.63, 3.8) is 0 Å². The monoisotopic (exact) mass is 287 g/mol. The minimum Gasteiger partial charge on any atom is -0.494 e. The second-order valence-corrected chi connectivity index (χ2v) is 5.21. The van der Waals surface area contributed by atoms with Crippen molar-refractivity contribution in [2.75, 3.05) is 19.6 Å². The Kier molecular flexibility index (Phi) is 4.79. The molecule has 0 bridgehead atoms. The summed E-state index contributed by atoms with van der Waals surface area (Å²) in [5, 5.41) is 0. The standard InChI is InChI=1S/C14H13N2O.C2H6S/c1-16-11-7-4-3-6-10(11)15-14-12(16)8-5-9-13(14)17-2;1-3-2/h3-9H,1-2H3;1-2H3/q+1;. The molecule has 0 radical (unpaired) electrons. The van der Waals surface area contributed by atoms with Crippen LogP contribution in [-0.2, 0) is 7.05 Å². The summed E-state index contributed by atoms with van der Waals surface area (Å²) in [6.45, 7) is 0. The number of aryl methyl sites for hydroxylation is 1. The summed E-state index contributed by atoms with van der Waals surface area (Å²) in [5.74, 6) is 0.809. The average molecular weight is 287 g/mol. The van der Waals surface area contributed by atoms with E-state index in [0.717, 1.165) is 27.8 Å². The van der Waals surface area contributed by atoms with Gasteiger partial charge >= 0.3 is 0 Å². The minimum absolute atomic E-state index is 0.809. The van der Waals surface area contributed by atoms with Gasteiger partial charge in [-0.05, 0) is 24.6 Å². The third kappa shape index (κ3) is 2.70. The largest absolute Gasteiger partial charge is 0.494 e. The highest BCUT2D eigenvalue weighted by Crippen LogP contribution is 2.22. The summed E-state index contributed by atoms with van der Waals surface area (Å²) in [6, 6.07) is 14.1. The second-order valence-electron chi connectivity index (χ2n) is 4.40. The zero-order valence-corrected chi connectivity index (χ0v) is 13.1. The quantitative estimate of drug-likeness (QED) is 0.508. The van der Waals surface area contributed by atoms with Gasteiger partial charge in [0.1, 0.15) is 12.6 Å². The fourth-order valence-corrected chi connectivity index (χ4v) is 2.15. The van der Waals surface area contributed by atoms with Gasteiger partial charge in [-0.25, -0.2) is 4.98 Å². The van der Waals surface area contributed by atoms with Crippen LogP contribution in [0.5, 0.6) is 5.75 Å². The highest BCUT2D eigenvalue weighted by atomic mass is 32.2. The van der Waals surface area contributed by atoms with E-state index in [9.17, 15) is 0 Å². The van der Waals surface area contributed by atoms with Crippen LogP contribution in [0.4, 0.5) is 0 Å². The van der Waals surface area contributed by atoms with E-state index < -0.39 is 0 Å². The van der Waals surface area contributed by atoms with Gasteiger partial charge in [-0.3, -0.25) is 0 Å². The Labute approximate surface area is 123 Å². The molecule has 0 unspecified atom stereocenters. The molecule has 1 heterocycles. The number of thioether (sulfide) groups is 1. The van der Waals surface area contributed by atoms with Crippen LogP contribution in [0.25, 0.3) is 22.1 Å². The van der Waals surface area contributed by atoms with Gasteiger partial charge in [-0.15, -0.1) is 0 Å². The Bertz CT molecular complexity index is 728. The maximum absolute atomic E-state index is 5.36. The highest BCUT2D eigenvalue weighted by molar-refractivity contribution is 7.97. The molecule has 2 aromatic carbocycles. The summed E-state index contributed by atoms with van der Waals surface area (Å²) in [4.78, 5) is 4.66. The normalized spacial score (nSPS) is 10.2. The van der Waals surface area contributed by atoms with Crippen molar-refractivity contribution in [2.45, 2.75) is 0 Å². The van der Waals surface area contributed by atoms with E-state index in [-0.39, 0.29) is 0 Å². The number of rotatable bonds is 1. The molecular formula is C16H19N2OS+. The lowest BCUT2D eigenvalue weighted by molar-refractivity contribution is -0.617. The zero-order chi connectivity index (χ0) is 14.5. The predicted octanol–water partition coefficient (Wildman–Crippen LogP) is 3.20. The van der Waals surface area contributed by atoms with Gasteiger partial charge in [0.15, 0.2) is 11.3 Å². The van der Waals surface area contributed by atoms with Gasteiger partial charge in [0, 0.05) is 12.1 Å². The number of hydrogen-bond donors (Lipinski definition) is 0. The Morgan fingerprint density at radius 2 is 1.65 bits per heavy atom. The van der Waals surface area contributed by atoms with E-state index in [0.29, 0.717) is 0 Å². The molecule has 4 heteroatoms. The van der Waals surface area contributed by atoms with Crippen molar-refractivity contribution in [3.05, 3.63) is 42.5 Å². The lowest BCUT2D eigenvalue weighted by atomic mass is 10.2. The number of para-hydroxylation sites is 3. The van der Waals surface area contributed by atoms with E-state index in [2.05, 4.69) is 21.7 Å². The molecule has 0 spiro atoms. The molecule has 3 nitrogen and oxygen atoms in total. The van der Waals surface area contributed by atoms with Crippen molar-refractivity contribution < 1.29 is 9.30 Å². The summed E-state index contributed by atoms with van der Waals surface area (Å²) in [5.41, 5.74) is 4.07. The van der Waals surface area contributed by atoms with Crippen LogP contribution in [0.1, 0.15) is 0 Å². The topological polar surface area (TPSA) is 26.0 Å². The smallest absolute Gasteiger partial charge is 0.235 e. The predicted molar refractivity (Wildman–Crippen MR) is 86.4 cm³/mol. The Morgan fingerprint density at radius 1 is 1.00 bits per heavy atom. The van der Waals surface area contributed by atoms with Crippen LogP contribution in [0.3, 0.4) is 0 Å². The van der Waals surface area contributed by atoms with E-state index in [1.165, 1.54) is 0 Å². The van der Waals surface area contributed by atoms with E-state index in [4.69, 9.17) is 4.74 Å². The SMILES string of the molecule is COc1cccc2c1nc1ccccc1[n+]2C.CSC. The molecule has 0 fully saturated rings. The van der Waals surface area contributed by atoms with E-state index >= 15 is 0 Å². The first kappa shape index (κ1) is 14.6. The van der Waals surface area contributed by atoms with Crippen LogP contribution in [-0.4, -0.2) is 24.6 Å². The zero-order valence-electron chi connectivity index (χ0n) is 12.3. The number of fused-ring (bicyclic) bond motifs is 2. The molecule has 0 amide bonds. The number of benzene rings is 2. The number of nitrogens with zero attached hydrogens (tertiary/aromatic N) is 2. The van der Waals surface area contributed by atoms with Gasteiger partial charge in [0.05, 0.1) is 7.11 Å². The molecule has 0 N–H and O–H groups in total. The second kappa shape index (κ2) is 6.57. The number of hydrogen-bond acceptors (Lipinski definition) is 3. The number of ether oxygens (including phenoxy) is 1. The van der Waals surface area contributed by atoms with Crippen LogP contribution >= 0.6 is 11.8 Å². The first-order valence-electron chi connectivity index (χ1n) is 6.34. The van der Waals surface area contributed by atoms with Crippen LogP contribution in [0.2, 0.25) is 0 Å². The molecule has 0 aliphatic rings. The van der Waals surface area contributed by atoms with Gasteiger partial charge in [-0.1, -0.05) is 18.2 Å². The summed E-state index contributed by atoms with van der Waals surface area (Å²) < 4.78 is 7.49. The molecular weight excluding hydrogens is 268 g/mol. The Balaban J connectivity index is 0.000000452. The average Bonchev–Trinajstić information content (AvgIpc) is 2.48. The number of methoxy groups -OCH3 is 1. The summed E-state index contributed by atoms with van der Waals surface area (Å²) in [7, 11) is 3.72. The van der Waals surface area contributed by atoms with Crippen LogP contribution in [0, 0.1) is 0 Å². The first-order chi connectivity index (χ1) is 9.72. The van der Waals surface area contributed by atoms with E-state index in [1.807, 2.05) is 49.9 Å². The van der Waals surface area contributed by atoms with Crippen molar-refractivity contribution in [1.82, 2.24) is 4.98 Å². The van der Waals surface area contributed by atoms with Crippen molar-refractivity contribution in [3.8, 4) is 5.75 Å². The number of aromatic nitrogens is 2. The Morgan fingerprint density at radius 3 is 2.35 bits per heavy atom. The molecule has 0 saturated heterocycles. The Hall–Kier alpha value is -1.81. The van der Waals surface area contributed by atoms with Crippen LogP contribution in [0.15, 0.2) is 42.5 Å². The maximum Gasteiger partial charge on any atom is 0.235 e. The molecule has 3 aromatic rings. The van der Waals surface area contributed by atoms with Gasteiger partial charge in [-0.2, -0.15) is 16.3 Å². The third-order valence-corrected chi connectivity index (χ3v) is 3.03. The first-order valence-corrected chi connectivity index (χ1v) is 7.97. The molecule has 0 aliphatic heterocycles. The van der Waals surface area contributed by atoms with Crippen LogP contribution < -0.4 is 9.30 Å². The fraction of sp³-hybridized carbons (Fsp3) is 0.250. The van der Waals surface area contributed by atoms with Crippen molar-refractivity contribution >= 4 is 33.8 Å².